The Kier molecular flexibility index (Phi) is 4.55. The molecule has 0 saturated heterocycles. The number of ether oxygens (including phenoxy) is 1. The van der Waals surface area contributed by atoms with Gasteiger partial charge in [-0.05, 0) is 43.2 Å². The zero-order valence-electron chi connectivity index (χ0n) is 11.9. The lowest BCUT2D eigenvalue weighted by atomic mass is 10.1. The fourth-order valence-corrected chi connectivity index (χ4v) is 2.09. The van der Waals surface area contributed by atoms with Crippen LogP contribution in [0.3, 0.4) is 0 Å². The number of nitrogens with two attached hydrogens (primary N) is 1. The van der Waals surface area contributed by atoms with Crippen LogP contribution in [0, 0.1) is 19.7 Å². The summed E-state index contributed by atoms with van der Waals surface area (Å²) < 4.78 is 19.5. The van der Waals surface area contributed by atoms with Gasteiger partial charge >= 0.3 is 0 Å². The average molecular weight is 288 g/mol. The number of nitrogen functional groups attached to an aromatic ring is 1. The van der Waals surface area contributed by atoms with Crippen LogP contribution in [-0.2, 0) is 6.61 Å². The van der Waals surface area contributed by atoms with E-state index < -0.39 is 11.7 Å². The molecule has 0 aromatic heterocycles. The second-order valence-electron chi connectivity index (χ2n) is 4.79. The van der Waals surface area contributed by atoms with E-state index in [4.69, 9.17) is 10.6 Å². The zero-order valence-corrected chi connectivity index (χ0v) is 11.9. The average Bonchev–Trinajstić information content (AvgIpc) is 2.47. The highest BCUT2D eigenvalue weighted by Crippen LogP contribution is 2.24. The largest absolute Gasteiger partial charge is 0.488 e. The molecular formula is C16H17FN2O2. The molecule has 2 rings (SSSR count). The van der Waals surface area contributed by atoms with Gasteiger partial charge in [0.15, 0.2) is 0 Å². The van der Waals surface area contributed by atoms with Crippen LogP contribution in [-0.4, -0.2) is 5.91 Å². The van der Waals surface area contributed by atoms with Gasteiger partial charge in [0.25, 0.3) is 5.91 Å². The number of amides is 1. The lowest BCUT2D eigenvalue weighted by molar-refractivity contribution is 0.0953. The second-order valence-corrected chi connectivity index (χ2v) is 4.79. The van der Waals surface area contributed by atoms with Crippen molar-refractivity contribution in [3.05, 3.63) is 64.5 Å². The number of carbonyl (C=O) groups excluding carboxylic acids is 1. The van der Waals surface area contributed by atoms with Gasteiger partial charge in [0.2, 0.25) is 0 Å². The molecule has 0 aliphatic rings. The molecule has 0 spiro atoms. The highest BCUT2D eigenvalue weighted by Gasteiger charge is 2.10. The van der Waals surface area contributed by atoms with E-state index in [-0.39, 0.29) is 6.61 Å². The summed E-state index contributed by atoms with van der Waals surface area (Å²) in [4.78, 5) is 11.5. The highest BCUT2D eigenvalue weighted by atomic mass is 19.1. The summed E-state index contributed by atoms with van der Waals surface area (Å²) in [5.74, 6) is 4.91. The third kappa shape index (κ3) is 3.38. The third-order valence-corrected chi connectivity index (χ3v) is 3.22. The molecule has 0 fully saturated rings. The number of para-hydroxylation sites is 1. The maximum atomic E-state index is 13.8. The van der Waals surface area contributed by atoms with E-state index in [2.05, 4.69) is 0 Å². The summed E-state index contributed by atoms with van der Waals surface area (Å²) >= 11 is 0. The molecule has 0 aliphatic carbocycles. The lowest BCUT2D eigenvalue weighted by Crippen LogP contribution is -2.30. The molecule has 0 bridgehead atoms. The monoisotopic (exact) mass is 288 g/mol. The maximum absolute atomic E-state index is 13.8. The molecule has 4 nitrogen and oxygen atoms in total. The Hall–Kier alpha value is -2.40. The van der Waals surface area contributed by atoms with Crippen LogP contribution in [0.5, 0.6) is 5.75 Å². The van der Waals surface area contributed by atoms with Crippen LogP contribution in [0.1, 0.15) is 27.0 Å². The van der Waals surface area contributed by atoms with Gasteiger partial charge in [-0.25, -0.2) is 10.2 Å². The number of hydrogen-bond donors (Lipinski definition) is 2. The number of carbonyl (C=O) groups is 1. The molecule has 21 heavy (non-hydrogen) atoms. The molecule has 0 unspecified atom stereocenters. The zero-order chi connectivity index (χ0) is 15.4. The third-order valence-electron chi connectivity index (χ3n) is 3.22. The van der Waals surface area contributed by atoms with Crippen LogP contribution < -0.4 is 16.0 Å². The van der Waals surface area contributed by atoms with Crippen molar-refractivity contribution in [3.63, 3.8) is 0 Å². The molecule has 0 saturated carbocycles. The number of rotatable bonds is 4. The maximum Gasteiger partial charge on any atom is 0.265 e. The van der Waals surface area contributed by atoms with Gasteiger partial charge in [0.05, 0.1) is 0 Å². The van der Waals surface area contributed by atoms with Crippen molar-refractivity contribution in [2.24, 2.45) is 5.84 Å². The SMILES string of the molecule is Cc1cccc(C)c1OCc1cc(C(=O)NN)ccc1F. The Morgan fingerprint density at radius 3 is 2.52 bits per heavy atom. The second kappa shape index (κ2) is 6.37. The minimum atomic E-state index is -0.469. The smallest absolute Gasteiger partial charge is 0.265 e. The van der Waals surface area contributed by atoms with Crippen molar-refractivity contribution >= 4 is 5.91 Å². The first-order valence-corrected chi connectivity index (χ1v) is 6.51. The van der Waals surface area contributed by atoms with E-state index in [1.807, 2.05) is 37.5 Å². The molecule has 0 atom stereocenters. The minimum absolute atomic E-state index is 0.0449. The van der Waals surface area contributed by atoms with Crippen LogP contribution in [0.15, 0.2) is 36.4 Å². The quantitative estimate of drug-likeness (QED) is 0.516. The Balaban J connectivity index is 2.22. The number of aryl methyl sites for hydroxylation is 2. The van der Waals surface area contributed by atoms with Crippen LogP contribution in [0.25, 0.3) is 0 Å². The predicted octanol–water partition coefficient (Wildman–Crippen LogP) is 2.63. The van der Waals surface area contributed by atoms with Gasteiger partial charge in [-0.2, -0.15) is 0 Å². The molecule has 1 amide bonds. The van der Waals surface area contributed by atoms with Gasteiger partial charge in [0, 0.05) is 11.1 Å². The number of nitrogens with one attached hydrogen (secondary N) is 1. The van der Waals surface area contributed by atoms with Gasteiger partial charge < -0.3 is 4.74 Å². The van der Waals surface area contributed by atoms with Crippen LogP contribution in [0.2, 0.25) is 0 Å². The molecule has 5 heteroatoms. The number of benzene rings is 2. The topological polar surface area (TPSA) is 64.3 Å². The Morgan fingerprint density at radius 1 is 1.24 bits per heavy atom. The lowest BCUT2D eigenvalue weighted by Gasteiger charge is -2.13. The molecule has 2 aromatic rings. The first-order chi connectivity index (χ1) is 10.0. The summed E-state index contributed by atoms with van der Waals surface area (Å²) in [6.07, 6.45) is 0. The molecule has 110 valence electrons. The molecule has 0 aliphatic heterocycles. The van der Waals surface area contributed by atoms with Crippen molar-refractivity contribution in [1.82, 2.24) is 5.43 Å². The first-order valence-electron chi connectivity index (χ1n) is 6.51. The summed E-state index contributed by atoms with van der Waals surface area (Å²) in [5.41, 5.74) is 4.57. The molecule has 0 radical (unpaired) electrons. The minimum Gasteiger partial charge on any atom is -0.488 e. The van der Waals surface area contributed by atoms with Crippen molar-refractivity contribution in [2.45, 2.75) is 20.5 Å². The van der Waals surface area contributed by atoms with Crippen LogP contribution in [0.4, 0.5) is 4.39 Å². The Bertz CT molecular complexity index is 651. The molecule has 0 heterocycles. The molecular weight excluding hydrogens is 271 g/mol. The van der Waals surface area contributed by atoms with E-state index in [1.54, 1.807) is 0 Å². The first kappa shape index (κ1) is 15.0. The van der Waals surface area contributed by atoms with Crippen LogP contribution >= 0.6 is 0 Å². The highest BCUT2D eigenvalue weighted by molar-refractivity contribution is 5.93. The van der Waals surface area contributed by atoms with Gasteiger partial charge in [0.1, 0.15) is 18.2 Å². The summed E-state index contributed by atoms with van der Waals surface area (Å²) in [7, 11) is 0. The molecule has 2 aromatic carbocycles. The predicted molar refractivity (Wildman–Crippen MR) is 78.3 cm³/mol. The van der Waals surface area contributed by atoms with Gasteiger partial charge in [-0.1, -0.05) is 18.2 Å². The number of hydrazine groups is 1. The normalized spacial score (nSPS) is 10.3. The fraction of sp³-hybridized carbons (Fsp3) is 0.188. The number of hydrogen-bond acceptors (Lipinski definition) is 3. The molecule has 3 N–H and O–H groups in total. The van der Waals surface area contributed by atoms with E-state index >= 15 is 0 Å². The standard InChI is InChI=1S/C16H17FN2O2/c1-10-4-3-5-11(2)15(10)21-9-13-8-12(16(20)19-18)6-7-14(13)17/h3-8H,9,18H2,1-2H3,(H,19,20). The van der Waals surface area contributed by atoms with E-state index in [0.717, 1.165) is 16.9 Å². The van der Waals surface area contributed by atoms with Crippen molar-refractivity contribution in [2.75, 3.05) is 0 Å². The summed E-state index contributed by atoms with van der Waals surface area (Å²) in [6.45, 7) is 3.90. The number of halogens is 1. The van der Waals surface area contributed by atoms with Crippen molar-refractivity contribution < 1.29 is 13.9 Å². The van der Waals surface area contributed by atoms with E-state index in [1.165, 1.54) is 18.2 Å². The van der Waals surface area contributed by atoms with Gasteiger partial charge in [-0.3, -0.25) is 10.2 Å². The van der Waals surface area contributed by atoms with E-state index in [9.17, 15) is 9.18 Å². The Morgan fingerprint density at radius 2 is 1.90 bits per heavy atom. The fourth-order valence-electron chi connectivity index (χ4n) is 2.09. The summed E-state index contributed by atoms with van der Waals surface area (Å²) in [6, 6.07) is 9.83. The van der Waals surface area contributed by atoms with Crippen molar-refractivity contribution in [3.8, 4) is 5.75 Å². The van der Waals surface area contributed by atoms with E-state index in [0.29, 0.717) is 11.1 Å². The Labute approximate surface area is 122 Å². The van der Waals surface area contributed by atoms with Gasteiger partial charge in [-0.15, -0.1) is 0 Å². The van der Waals surface area contributed by atoms with Crippen molar-refractivity contribution in [1.29, 1.82) is 0 Å². The summed E-state index contributed by atoms with van der Waals surface area (Å²) in [5, 5.41) is 0.